The molecule has 1 fully saturated rings. The minimum absolute atomic E-state index is 0.171. The maximum absolute atomic E-state index is 10.3. The summed E-state index contributed by atoms with van der Waals surface area (Å²) in [6.07, 6.45) is 5.26. The summed E-state index contributed by atoms with van der Waals surface area (Å²) in [6, 6.07) is 8.25. The van der Waals surface area contributed by atoms with Gasteiger partial charge >= 0.3 is 11.9 Å². The molecule has 1 unspecified atom stereocenters. The summed E-state index contributed by atoms with van der Waals surface area (Å²) < 4.78 is 0. The predicted octanol–water partition coefficient (Wildman–Crippen LogP) is 3.01. The van der Waals surface area contributed by atoms with Gasteiger partial charge in [0.15, 0.2) is 0 Å². The van der Waals surface area contributed by atoms with Crippen molar-refractivity contribution in [3.8, 4) is 0 Å². The van der Waals surface area contributed by atoms with E-state index in [9.17, 15) is 14.7 Å². The summed E-state index contributed by atoms with van der Waals surface area (Å²) in [5, 5.41) is 30.1. The zero-order valence-electron chi connectivity index (χ0n) is 14.1. The van der Waals surface area contributed by atoms with Crippen LogP contribution in [0.3, 0.4) is 0 Å². The van der Waals surface area contributed by atoms with Crippen molar-refractivity contribution in [3.05, 3.63) is 47.0 Å². The van der Waals surface area contributed by atoms with Crippen LogP contribution in [-0.2, 0) is 9.59 Å². The predicted molar refractivity (Wildman–Crippen MR) is 95.7 cm³/mol. The van der Waals surface area contributed by atoms with E-state index < -0.39 is 18.0 Å². The Balaban J connectivity index is 0.000000333. The molecule has 6 nitrogen and oxygen atoms in total. The van der Waals surface area contributed by atoms with Crippen molar-refractivity contribution in [2.24, 2.45) is 0 Å². The fraction of sp³-hybridized carbons (Fsp3) is 0.444. The van der Waals surface area contributed by atoms with Gasteiger partial charge in [0.2, 0.25) is 0 Å². The molecule has 0 spiro atoms. The van der Waals surface area contributed by atoms with E-state index in [0.717, 1.165) is 18.4 Å². The number of benzene rings is 1. The molecule has 0 aromatic heterocycles. The Labute approximate surface area is 152 Å². The average Bonchev–Trinajstić information content (AvgIpc) is 3.02. The molecule has 7 heteroatoms. The number of rotatable bonds is 6. The summed E-state index contributed by atoms with van der Waals surface area (Å²) in [6.45, 7) is 2.20. The van der Waals surface area contributed by atoms with Crippen LogP contribution in [0, 0.1) is 0 Å². The first-order chi connectivity index (χ1) is 11.8. The lowest BCUT2D eigenvalue weighted by atomic mass is 10.0. The largest absolute Gasteiger partial charge is 0.478 e. The third-order valence-corrected chi connectivity index (χ3v) is 4.09. The number of hydrogen-bond donors (Lipinski definition) is 4. The second-order valence-electron chi connectivity index (χ2n) is 5.85. The van der Waals surface area contributed by atoms with Gasteiger partial charge in [-0.1, -0.05) is 37.1 Å². The quantitative estimate of drug-likeness (QED) is 0.574. The number of carboxylic acid groups (broad SMARTS) is 2. The summed E-state index contributed by atoms with van der Waals surface area (Å²) in [7, 11) is 0. The molecule has 1 aliphatic rings. The highest BCUT2D eigenvalue weighted by atomic mass is 35.5. The van der Waals surface area contributed by atoms with E-state index in [-0.39, 0.29) is 6.04 Å². The third kappa shape index (κ3) is 8.16. The van der Waals surface area contributed by atoms with Crippen LogP contribution in [0.15, 0.2) is 36.4 Å². The molecule has 3 atom stereocenters. The molecule has 0 saturated carbocycles. The molecule has 0 radical (unpaired) electrons. The number of halogens is 1. The minimum Gasteiger partial charge on any atom is -0.478 e. The van der Waals surface area contributed by atoms with Crippen LogP contribution in [0.2, 0.25) is 5.02 Å². The molecule has 0 bridgehead atoms. The highest BCUT2D eigenvalue weighted by molar-refractivity contribution is 6.30. The van der Waals surface area contributed by atoms with Gasteiger partial charge < -0.3 is 20.6 Å². The van der Waals surface area contributed by atoms with E-state index in [1.54, 1.807) is 0 Å². The average molecular weight is 370 g/mol. The molecule has 1 aliphatic heterocycles. The second kappa shape index (κ2) is 10.9. The maximum Gasteiger partial charge on any atom is 0.328 e. The summed E-state index contributed by atoms with van der Waals surface area (Å²) in [5.74, 6) is -2.51. The number of carbonyl (C=O) groups is 2. The van der Waals surface area contributed by atoms with Gasteiger partial charge in [-0.15, -0.1) is 0 Å². The number of aliphatic hydroxyl groups excluding tert-OH is 1. The molecule has 1 aromatic rings. The van der Waals surface area contributed by atoms with Crippen LogP contribution in [0.1, 0.15) is 44.3 Å². The Morgan fingerprint density at radius 2 is 1.92 bits per heavy atom. The van der Waals surface area contributed by atoms with E-state index in [2.05, 4.69) is 12.2 Å². The van der Waals surface area contributed by atoms with E-state index in [1.165, 1.54) is 12.8 Å². The van der Waals surface area contributed by atoms with Gasteiger partial charge in [0.1, 0.15) is 0 Å². The Morgan fingerprint density at radius 1 is 1.28 bits per heavy atom. The SMILES string of the molecule is CCC[C@@H]1CC[C@H](C(O)c2cccc(Cl)c2)N1.O=C(O)/C=C\C(=O)O. The number of aliphatic carboxylic acids is 2. The molecular formula is C18H24ClNO5. The Kier molecular flexibility index (Phi) is 9.20. The standard InChI is InChI=1S/C14H20ClNO.C4H4O4/c1-2-4-12-7-8-13(16-12)14(17)10-5-3-6-11(15)9-10;5-3(6)1-2-4(7)8/h3,5-6,9,12-14,16-17H,2,4,7-8H2,1H3;1-2H,(H,5,6)(H,7,8)/b;2-1-/t12-,13-,14?;/m1./s1. The van der Waals surface area contributed by atoms with E-state index in [0.29, 0.717) is 23.2 Å². The third-order valence-electron chi connectivity index (χ3n) is 3.85. The van der Waals surface area contributed by atoms with Gasteiger partial charge in [0, 0.05) is 29.3 Å². The maximum atomic E-state index is 10.3. The van der Waals surface area contributed by atoms with Gasteiger partial charge in [-0.3, -0.25) is 0 Å². The van der Waals surface area contributed by atoms with Gasteiger partial charge in [-0.2, -0.15) is 0 Å². The zero-order chi connectivity index (χ0) is 18.8. The molecule has 4 N–H and O–H groups in total. The Hall–Kier alpha value is -1.89. The molecule has 2 rings (SSSR count). The molecule has 1 aromatic carbocycles. The van der Waals surface area contributed by atoms with Crippen molar-refractivity contribution < 1.29 is 24.9 Å². The second-order valence-corrected chi connectivity index (χ2v) is 6.28. The lowest BCUT2D eigenvalue weighted by Gasteiger charge is -2.20. The molecule has 25 heavy (non-hydrogen) atoms. The molecule has 138 valence electrons. The first kappa shape index (κ1) is 21.2. The first-order valence-corrected chi connectivity index (χ1v) is 8.54. The smallest absolute Gasteiger partial charge is 0.328 e. The van der Waals surface area contributed by atoms with E-state index in [1.807, 2.05) is 24.3 Å². The topological polar surface area (TPSA) is 107 Å². The molecule has 1 heterocycles. The van der Waals surface area contributed by atoms with E-state index in [4.69, 9.17) is 21.8 Å². The lowest BCUT2D eigenvalue weighted by molar-refractivity contribution is -0.134. The number of carboxylic acids is 2. The van der Waals surface area contributed by atoms with Crippen molar-refractivity contribution in [2.45, 2.75) is 50.8 Å². The number of aliphatic hydroxyl groups is 1. The first-order valence-electron chi connectivity index (χ1n) is 8.17. The molecule has 1 saturated heterocycles. The van der Waals surface area contributed by atoms with E-state index >= 15 is 0 Å². The van der Waals surface area contributed by atoms with Crippen LogP contribution in [0.5, 0.6) is 0 Å². The van der Waals surface area contributed by atoms with Crippen LogP contribution in [-0.4, -0.2) is 39.3 Å². The monoisotopic (exact) mass is 369 g/mol. The van der Waals surface area contributed by atoms with Gasteiger partial charge in [-0.05, 0) is 37.0 Å². The van der Waals surface area contributed by atoms with Crippen molar-refractivity contribution in [3.63, 3.8) is 0 Å². The summed E-state index contributed by atoms with van der Waals surface area (Å²) in [5.41, 5.74) is 0.909. The van der Waals surface area contributed by atoms with Crippen molar-refractivity contribution in [2.75, 3.05) is 0 Å². The highest BCUT2D eigenvalue weighted by Crippen LogP contribution is 2.28. The highest BCUT2D eigenvalue weighted by Gasteiger charge is 2.29. The van der Waals surface area contributed by atoms with Gasteiger partial charge in [0.05, 0.1) is 6.10 Å². The van der Waals surface area contributed by atoms with Crippen LogP contribution >= 0.6 is 11.6 Å². The number of nitrogens with one attached hydrogen (secondary N) is 1. The van der Waals surface area contributed by atoms with Gasteiger partial charge in [0.25, 0.3) is 0 Å². The molecular weight excluding hydrogens is 346 g/mol. The van der Waals surface area contributed by atoms with Crippen molar-refractivity contribution in [1.29, 1.82) is 0 Å². The Bertz CT molecular complexity index is 589. The fourth-order valence-corrected chi connectivity index (χ4v) is 2.94. The van der Waals surface area contributed by atoms with Gasteiger partial charge in [-0.25, -0.2) is 9.59 Å². The summed E-state index contributed by atoms with van der Waals surface area (Å²) >= 11 is 5.94. The molecule has 0 aliphatic carbocycles. The lowest BCUT2D eigenvalue weighted by Crippen LogP contribution is -2.33. The van der Waals surface area contributed by atoms with Crippen LogP contribution < -0.4 is 5.32 Å². The van der Waals surface area contributed by atoms with Crippen molar-refractivity contribution in [1.82, 2.24) is 5.32 Å². The normalized spacial score (nSPS) is 20.8. The van der Waals surface area contributed by atoms with Crippen molar-refractivity contribution >= 4 is 23.5 Å². The van der Waals surface area contributed by atoms with Crippen LogP contribution in [0.4, 0.5) is 0 Å². The fourth-order valence-electron chi connectivity index (χ4n) is 2.74. The van der Waals surface area contributed by atoms with Crippen LogP contribution in [0.25, 0.3) is 0 Å². The number of hydrogen-bond acceptors (Lipinski definition) is 4. The molecule has 0 amide bonds. The minimum atomic E-state index is -1.26. The Morgan fingerprint density at radius 3 is 2.44 bits per heavy atom. The zero-order valence-corrected chi connectivity index (χ0v) is 14.8. The summed E-state index contributed by atoms with van der Waals surface area (Å²) in [4.78, 5) is 19.1.